The predicted molar refractivity (Wildman–Crippen MR) is 99.5 cm³/mol. The second-order valence-electron chi connectivity index (χ2n) is 7.05. The van der Waals surface area contributed by atoms with Gasteiger partial charge < -0.3 is 20.1 Å². The van der Waals surface area contributed by atoms with Gasteiger partial charge in [0.15, 0.2) is 0 Å². The molecule has 140 valence electrons. The van der Waals surface area contributed by atoms with Gasteiger partial charge in [-0.15, -0.1) is 0 Å². The van der Waals surface area contributed by atoms with Gasteiger partial charge in [0.2, 0.25) is 5.91 Å². The van der Waals surface area contributed by atoms with E-state index in [-0.39, 0.29) is 11.8 Å². The Hall–Kier alpha value is -1.59. The van der Waals surface area contributed by atoms with Crippen LogP contribution in [0.2, 0.25) is 0 Å². The van der Waals surface area contributed by atoms with Crippen LogP contribution in [0.3, 0.4) is 0 Å². The maximum atomic E-state index is 12.4. The lowest BCUT2D eigenvalue weighted by Crippen LogP contribution is -2.47. The molecule has 5 heteroatoms. The minimum atomic E-state index is -0.594. The molecule has 5 nitrogen and oxygen atoms in total. The average molecular weight is 348 g/mol. The van der Waals surface area contributed by atoms with Crippen LogP contribution in [0.5, 0.6) is 5.75 Å². The van der Waals surface area contributed by atoms with Gasteiger partial charge in [0, 0.05) is 19.0 Å². The van der Waals surface area contributed by atoms with Crippen molar-refractivity contribution < 1.29 is 14.6 Å². The highest BCUT2D eigenvalue weighted by Crippen LogP contribution is 2.22. The third-order valence-corrected chi connectivity index (χ3v) is 5.42. The first-order chi connectivity index (χ1) is 12.0. The highest BCUT2D eigenvalue weighted by atomic mass is 16.5. The first-order valence-corrected chi connectivity index (χ1v) is 9.35. The zero-order valence-electron chi connectivity index (χ0n) is 15.8. The Morgan fingerprint density at radius 3 is 2.36 bits per heavy atom. The van der Waals surface area contributed by atoms with E-state index in [2.05, 4.69) is 10.2 Å². The lowest BCUT2D eigenvalue weighted by atomic mass is 9.92. The molecule has 0 aliphatic carbocycles. The summed E-state index contributed by atoms with van der Waals surface area (Å²) in [4.78, 5) is 14.7. The number of ether oxygens (including phenoxy) is 1. The molecule has 2 rings (SSSR count). The molecule has 0 spiro atoms. The lowest BCUT2D eigenvalue weighted by molar-refractivity contribution is -0.126. The quantitative estimate of drug-likeness (QED) is 0.758. The third kappa shape index (κ3) is 5.72. The number of β-amino-alcohol motifs (C(OH)–C–C–N with tert-alkyl or cyclic N) is 1. The van der Waals surface area contributed by atoms with Crippen molar-refractivity contribution >= 4 is 5.91 Å². The summed E-state index contributed by atoms with van der Waals surface area (Å²) in [5, 5.41) is 13.5. The molecular formula is C20H32N2O3. The van der Waals surface area contributed by atoms with Gasteiger partial charge in [-0.25, -0.2) is 0 Å². The number of amides is 1. The summed E-state index contributed by atoms with van der Waals surface area (Å²) < 4.78 is 5.14. The molecule has 1 saturated heterocycles. The van der Waals surface area contributed by atoms with Gasteiger partial charge in [-0.05, 0) is 56.5 Å². The normalized spacial score (nSPS) is 16.6. The van der Waals surface area contributed by atoms with Crippen molar-refractivity contribution in [3.63, 3.8) is 0 Å². The van der Waals surface area contributed by atoms with Gasteiger partial charge in [0.1, 0.15) is 5.75 Å². The minimum absolute atomic E-state index is 0.0749. The van der Waals surface area contributed by atoms with Gasteiger partial charge in [0.05, 0.1) is 12.7 Å². The van der Waals surface area contributed by atoms with Gasteiger partial charge >= 0.3 is 0 Å². The maximum absolute atomic E-state index is 12.4. The van der Waals surface area contributed by atoms with Crippen molar-refractivity contribution in [1.82, 2.24) is 10.2 Å². The van der Waals surface area contributed by atoms with Crippen molar-refractivity contribution in [3.05, 3.63) is 29.8 Å². The number of piperidine rings is 1. The molecule has 0 atom stereocenters. The Bertz CT molecular complexity index is 532. The number of carbonyl (C=O) groups is 1. The van der Waals surface area contributed by atoms with Crippen molar-refractivity contribution in [2.45, 2.75) is 51.7 Å². The van der Waals surface area contributed by atoms with Gasteiger partial charge in [-0.3, -0.25) is 4.79 Å². The fraction of sp³-hybridized carbons (Fsp3) is 0.650. The van der Waals surface area contributed by atoms with Crippen LogP contribution in [0.15, 0.2) is 24.3 Å². The Labute approximate surface area is 151 Å². The Morgan fingerprint density at radius 2 is 1.84 bits per heavy atom. The van der Waals surface area contributed by atoms with E-state index in [4.69, 9.17) is 4.74 Å². The molecule has 1 fully saturated rings. The smallest absolute Gasteiger partial charge is 0.223 e. The van der Waals surface area contributed by atoms with Crippen molar-refractivity contribution in [1.29, 1.82) is 0 Å². The summed E-state index contributed by atoms with van der Waals surface area (Å²) in [5.74, 6) is 1.03. The largest absolute Gasteiger partial charge is 0.497 e. The molecule has 1 heterocycles. The van der Waals surface area contributed by atoms with E-state index in [1.54, 1.807) is 7.11 Å². The zero-order chi connectivity index (χ0) is 18.3. The van der Waals surface area contributed by atoms with E-state index >= 15 is 0 Å². The number of hydrogen-bond acceptors (Lipinski definition) is 4. The van der Waals surface area contributed by atoms with Crippen LogP contribution in [0, 0.1) is 5.92 Å². The second-order valence-corrected chi connectivity index (χ2v) is 7.05. The zero-order valence-corrected chi connectivity index (χ0v) is 15.8. The first kappa shape index (κ1) is 19.7. The van der Waals surface area contributed by atoms with E-state index in [0.717, 1.165) is 50.1 Å². The fourth-order valence-corrected chi connectivity index (χ4v) is 3.32. The standard InChI is InChI=1S/C20H32N2O3/c1-4-20(24,5-2)15-22-12-10-17(11-13-22)19(23)21-14-16-6-8-18(25-3)9-7-16/h6-9,17,24H,4-5,10-15H2,1-3H3,(H,21,23). The van der Waals surface area contributed by atoms with Crippen LogP contribution in [0.25, 0.3) is 0 Å². The van der Waals surface area contributed by atoms with Crippen LogP contribution in [0.1, 0.15) is 45.1 Å². The summed E-state index contributed by atoms with van der Waals surface area (Å²) in [5.41, 5.74) is 0.478. The Balaban J connectivity index is 1.75. The SMILES string of the molecule is CCC(O)(CC)CN1CCC(C(=O)NCc2ccc(OC)cc2)CC1. The van der Waals surface area contributed by atoms with Crippen molar-refractivity contribution in [2.75, 3.05) is 26.7 Å². The summed E-state index contributed by atoms with van der Waals surface area (Å²) in [6.07, 6.45) is 3.26. The number of benzene rings is 1. The predicted octanol–water partition coefficient (Wildman–Crippen LogP) is 2.57. The van der Waals surface area contributed by atoms with E-state index in [9.17, 15) is 9.90 Å². The minimum Gasteiger partial charge on any atom is -0.497 e. The molecule has 0 aromatic heterocycles. The number of methoxy groups -OCH3 is 1. The number of hydrogen-bond donors (Lipinski definition) is 2. The van der Waals surface area contributed by atoms with Crippen molar-refractivity contribution in [2.24, 2.45) is 5.92 Å². The highest BCUT2D eigenvalue weighted by molar-refractivity contribution is 5.78. The van der Waals surface area contributed by atoms with Crippen LogP contribution in [-0.2, 0) is 11.3 Å². The fourth-order valence-electron chi connectivity index (χ4n) is 3.32. The molecule has 1 aliphatic heterocycles. The van der Waals surface area contributed by atoms with Crippen LogP contribution in [0.4, 0.5) is 0 Å². The number of aliphatic hydroxyl groups is 1. The number of nitrogens with one attached hydrogen (secondary N) is 1. The van der Waals surface area contributed by atoms with E-state index < -0.39 is 5.60 Å². The number of rotatable bonds is 8. The molecule has 0 bridgehead atoms. The Morgan fingerprint density at radius 1 is 1.24 bits per heavy atom. The molecule has 1 amide bonds. The average Bonchev–Trinajstić information content (AvgIpc) is 2.67. The van der Waals surface area contributed by atoms with E-state index in [1.807, 2.05) is 38.1 Å². The van der Waals surface area contributed by atoms with E-state index in [1.165, 1.54) is 0 Å². The summed E-state index contributed by atoms with van der Waals surface area (Å²) >= 11 is 0. The molecule has 0 unspecified atom stereocenters. The van der Waals surface area contributed by atoms with Gasteiger partial charge in [-0.2, -0.15) is 0 Å². The third-order valence-electron chi connectivity index (χ3n) is 5.42. The summed E-state index contributed by atoms with van der Waals surface area (Å²) in [6, 6.07) is 7.75. The maximum Gasteiger partial charge on any atom is 0.223 e. The van der Waals surface area contributed by atoms with Crippen LogP contribution >= 0.6 is 0 Å². The molecule has 1 aromatic carbocycles. The summed E-state index contributed by atoms with van der Waals surface area (Å²) in [7, 11) is 1.64. The monoisotopic (exact) mass is 348 g/mol. The lowest BCUT2D eigenvalue weighted by Gasteiger charge is -2.37. The Kier molecular flexibility index (Phi) is 7.26. The molecule has 2 N–H and O–H groups in total. The molecule has 1 aromatic rings. The molecule has 1 aliphatic rings. The topological polar surface area (TPSA) is 61.8 Å². The summed E-state index contributed by atoms with van der Waals surface area (Å²) in [6.45, 7) is 7.08. The molecular weight excluding hydrogens is 316 g/mol. The van der Waals surface area contributed by atoms with Crippen molar-refractivity contribution in [3.8, 4) is 5.75 Å². The number of nitrogens with zero attached hydrogens (tertiary/aromatic N) is 1. The van der Waals surface area contributed by atoms with Gasteiger partial charge in [0.25, 0.3) is 0 Å². The van der Waals surface area contributed by atoms with Crippen LogP contribution < -0.4 is 10.1 Å². The number of carbonyl (C=O) groups excluding carboxylic acids is 1. The highest BCUT2D eigenvalue weighted by Gasteiger charge is 2.30. The van der Waals surface area contributed by atoms with Crippen LogP contribution in [-0.4, -0.2) is 48.3 Å². The second kappa shape index (κ2) is 9.20. The van der Waals surface area contributed by atoms with E-state index in [0.29, 0.717) is 13.1 Å². The number of likely N-dealkylation sites (tertiary alicyclic amines) is 1. The molecule has 0 radical (unpaired) electrons. The van der Waals surface area contributed by atoms with Gasteiger partial charge in [-0.1, -0.05) is 26.0 Å². The molecule has 0 saturated carbocycles. The molecule has 25 heavy (non-hydrogen) atoms. The first-order valence-electron chi connectivity index (χ1n) is 9.35.